The summed E-state index contributed by atoms with van der Waals surface area (Å²) in [6, 6.07) is 2.11. The standard InChI is InChI=1S/C7H14N2/c8-6-4-2-1-3-5-7-9/h1-6,8H2. The fourth-order valence-corrected chi connectivity index (χ4v) is 0.702. The molecule has 0 aliphatic rings. The van der Waals surface area contributed by atoms with Crippen molar-refractivity contribution in [2.75, 3.05) is 6.54 Å². The van der Waals surface area contributed by atoms with E-state index in [9.17, 15) is 0 Å². The summed E-state index contributed by atoms with van der Waals surface area (Å²) in [5.74, 6) is 0. The minimum atomic E-state index is 0.699. The van der Waals surface area contributed by atoms with Crippen LogP contribution in [0.3, 0.4) is 0 Å². The van der Waals surface area contributed by atoms with E-state index in [1.165, 1.54) is 6.42 Å². The number of rotatable bonds is 5. The van der Waals surface area contributed by atoms with E-state index in [1.54, 1.807) is 0 Å². The highest BCUT2D eigenvalue weighted by molar-refractivity contribution is 4.67. The number of hydrogen-bond acceptors (Lipinski definition) is 2. The van der Waals surface area contributed by atoms with Gasteiger partial charge in [-0.15, -0.1) is 0 Å². The third-order valence-electron chi connectivity index (χ3n) is 1.24. The largest absolute Gasteiger partial charge is 0.330 e. The molecule has 2 heteroatoms. The van der Waals surface area contributed by atoms with Crippen LogP contribution < -0.4 is 5.73 Å². The van der Waals surface area contributed by atoms with E-state index in [4.69, 9.17) is 11.0 Å². The van der Waals surface area contributed by atoms with Gasteiger partial charge in [-0.25, -0.2) is 0 Å². The molecule has 0 saturated carbocycles. The molecule has 0 fully saturated rings. The Morgan fingerprint density at radius 1 is 1.11 bits per heavy atom. The van der Waals surface area contributed by atoms with E-state index in [0.717, 1.165) is 25.8 Å². The van der Waals surface area contributed by atoms with Gasteiger partial charge in [-0.05, 0) is 19.4 Å². The second-order valence-corrected chi connectivity index (χ2v) is 2.11. The van der Waals surface area contributed by atoms with Crippen LogP contribution in [0.4, 0.5) is 0 Å². The van der Waals surface area contributed by atoms with Crippen molar-refractivity contribution in [3.63, 3.8) is 0 Å². The summed E-state index contributed by atoms with van der Waals surface area (Å²) in [5.41, 5.74) is 5.28. The zero-order valence-electron chi connectivity index (χ0n) is 5.77. The lowest BCUT2D eigenvalue weighted by Crippen LogP contribution is -1.97. The zero-order chi connectivity index (χ0) is 6.95. The molecule has 0 atom stereocenters. The topological polar surface area (TPSA) is 49.8 Å². The van der Waals surface area contributed by atoms with Gasteiger partial charge >= 0.3 is 0 Å². The summed E-state index contributed by atoms with van der Waals surface area (Å²) in [6.45, 7) is 0.784. The summed E-state index contributed by atoms with van der Waals surface area (Å²) < 4.78 is 0. The van der Waals surface area contributed by atoms with Crippen molar-refractivity contribution in [2.45, 2.75) is 32.1 Å². The Bertz CT molecular complexity index is 83.4. The number of nitrogens with two attached hydrogens (primary N) is 1. The Hall–Kier alpha value is -0.550. The van der Waals surface area contributed by atoms with Crippen LogP contribution in [0, 0.1) is 11.3 Å². The van der Waals surface area contributed by atoms with Gasteiger partial charge in [-0.2, -0.15) is 5.26 Å². The van der Waals surface area contributed by atoms with Crippen molar-refractivity contribution in [3.8, 4) is 6.07 Å². The van der Waals surface area contributed by atoms with Crippen molar-refractivity contribution in [2.24, 2.45) is 5.73 Å². The molecule has 0 aliphatic heterocycles. The molecule has 0 rings (SSSR count). The molecule has 2 N–H and O–H groups in total. The first-order valence-corrected chi connectivity index (χ1v) is 3.49. The van der Waals surface area contributed by atoms with Crippen molar-refractivity contribution >= 4 is 0 Å². The van der Waals surface area contributed by atoms with Crippen molar-refractivity contribution in [3.05, 3.63) is 0 Å². The Morgan fingerprint density at radius 2 is 1.78 bits per heavy atom. The average molecular weight is 126 g/mol. The van der Waals surface area contributed by atoms with Crippen LogP contribution in [0.25, 0.3) is 0 Å². The van der Waals surface area contributed by atoms with Gasteiger partial charge in [0.05, 0.1) is 6.07 Å². The molecule has 52 valence electrons. The first kappa shape index (κ1) is 8.45. The second-order valence-electron chi connectivity index (χ2n) is 2.11. The van der Waals surface area contributed by atoms with Gasteiger partial charge in [0, 0.05) is 6.42 Å². The van der Waals surface area contributed by atoms with Gasteiger partial charge in [-0.1, -0.05) is 12.8 Å². The minimum Gasteiger partial charge on any atom is -0.330 e. The second kappa shape index (κ2) is 7.45. The number of hydrogen-bond donors (Lipinski definition) is 1. The molecule has 0 aromatic carbocycles. The van der Waals surface area contributed by atoms with Gasteiger partial charge < -0.3 is 5.73 Å². The summed E-state index contributed by atoms with van der Waals surface area (Å²) in [6.07, 6.45) is 5.18. The molecule has 0 saturated heterocycles. The highest BCUT2D eigenvalue weighted by Gasteiger charge is 1.85. The number of unbranched alkanes of at least 4 members (excludes halogenated alkanes) is 4. The van der Waals surface area contributed by atoms with Crippen LogP contribution in [-0.4, -0.2) is 6.54 Å². The van der Waals surface area contributed by atoms with Crippen LogP contribution in [0.2, 0.25) is 0 Å². The molecule has 2 nitrogen and oxygen atoms in total. The first-order chi connectivity index (χ1) is 4.41. The Labute approximate surface area is 56.7 Å². The Kier molecular flexibility index (Phi) is 6.99. The molecule has 0 bridgehead atoms. The maximum absolute atomic E-state index is 8.15. The maximum atomic E-state index is 8.15. The zero-order valence-corrected chi connectivity index (χ0v) is 5.77. The summed E-state index contributed by atoms with van der Waals surface area (Å²) in [7, 11) is 0. The SMILES string of the molecule is N#CCCCCCCN. The highest BCUT2D eigenvalue weighted by Crippen LogP contribution is 2.00. The fourth-order valence-electron chi connectivity index (χ4n) is 0.702. The van der Waals surface area contributed by atoms with Gasteiger partial charge in [0.15, 0.2) is 0 Å². The van der Waals surface area contributed by atoms with Crippen molar-refractivity contribution in [1.29, 1.82) is 5.26 Å². The molecule has 0 aromatic rings. The van der Waals surface area contributed by atoms with E-state index in [2.05, 4.69) is 6.07 Å². The summed E-state index contributed by atoms with van der Waals surface area (Å²) in [5, 5.41) is 8.15. The quantitative estimate of drug-likeness (QED) is 0.566. The molecular weight excluding hydrogens is 112 g/mol. The molecule has 0 amide bonds. The lowest BCUT2D eigenvalue weighted by atomic mass is 10.1. The molecule has 0 aliphatic carbocycles. The summed E-state index contributed by atoms with van der Waals surface area (Å²) in [4.78, 5) is 0. The molecule has 0 aromatic heterocycles. The molecular formula is C7H14N2. The van der Waals surface area contributed by atoms with Crippen LogP contribution in [-0.2, 0) is 0 Å². The first-order valence-electron chi connectivity index (χ1n) is 3.49. The van der Waals surface area contributed by atoms with E-state index in [0.29, 0.717) is 6.42 Å². The Balaban J connectivity index is 2.69. The van der Waals surface area contributed by atoms with Crippen molar-refractivity contribution in [1.82, 2.24) is 0 Å². The number of nitrogens with zero attached hydrogens (tertiary/aromatic N) is 1. The van der Waals surface area contributed by atoms with Crippen LogP contribution >= 0.6 is 0 Å². The smallest absolute Gasteiger partial charge is 0.0621 e. The van der Waals surface area contributed by atoms with E-state index >= 15 is 0 Å². The monoisotopic (exact) mass is 126 g/mol. The fraction of sp³-hybridized carbons (Fsp3) is 0.857. The molecule has 9 heavy (non-hydrogen) atoms. The van der Waals surface area contributed by atoms with E-state index in [-0.39, 0.29) is 0 Å². The van der Waals surface area contributed by atoms with Crippen LogP contribution in [0.5, 0.6) is 0 Å². The average Bonchev–Trinajstić information content (AvgIpc) is 1.89. The van der Waals surface area contributed by atoms with Gasteiger partial charge in [0.1, 0.15) is 0 Å². The van der Waals surface area contributed by atoms with E-state index in [1.807, 2.05) is 0 Å². The van der Waals surface area contributed by atoms with Gasteiger partial charge in [0.2, 0.25) is 0 Å². The minimum absolute atomic E-state index is 0.699. The van der Waals surface area contributed by atoms with Crippen LogP contribution in [0.1, 0.15) is 32.1 Å². The molecule has 0 radical (unpaired) electrons. The maximum Gasteiger partial charge on any atom is 0.0621 e. The van der Waals surface area contributed by atoms with Gasteiger partial charge in [-0.3, -0.25) is 0 Å². The summed E-state index contributed by atoms with van der Waals surface area (Å²) >= 11 is 0. The normalized spacial score (nSPS) is 8.89. The molecule has 0 spiro atoms. The van der Waals surface area contributed by atoms with Crippen LogP contribution in [0.15, 0.2) is 0 Å². The third-order valence-corrected chi connectivity index (χ3v) is 1.24. The van der Waals surface area contributed by atoms with Crippen molar-refractivity contribution < 1.29 is 0 Å². The predicted molar refractivity (Wildman–Crippen MR) is 37.8 cm³/mol. The molecule has 0 unspecified atom stereocenters. The highest BCUT2D eigenvalue weighted by atomic mass is 14.5. The lowest BCUT2D eigenvalue weighted by molar-refractivity contribution is 0.655. The molecule has 0 heterocycles. The number of nitriles is 1. The van der Waals surface area contributed by atoms with Gasteiger partial charge in [0.25, 0.3) is 0 Å². The lowest BCUT2D eigenvalue weighted by Gasteiger charge is -1.93. The van der Waals surface area contributed by atoms with E-state index < -0.39 is 0 Å². The predicted octanol–water partition coefficient (Wildman–Crippen LogP) is 1.42. The third kappa shape index (κ3) is 7.45. The Morgan fingerprint density at radius 3 is 2.33 bits per heavy atom.